The highest BCUT2D eigenvalue weighted by atomic mass is 16.6. The van der Waals surface area contributed by atoms with Gasteiger partial charge < -0.3 is 4.74 Å². The molecule has 0 radical (unpaired) electrons. The van der Waals surface area contributed by atoms with E-state index in [1.807, 2.05) is 20.8 Å². The van der Waals surface area contributed by atoms with Crippen LogP contribution in [-0.4, -0.2) is 64.7 Å². The van der Waals surface area contributed by atoms with Crippen molar-refractivity contribution in [2.45, 2.75) is 83.1 Å². The van der Waals surface area contributed by atoms with E-state index in [4.69, 9.17) is 4.74 Å². The summed E-state index contributed by atoms with van der Waals surface area (Å²) in [5, 5.41) is 0. The highest BCUT2D eigenvalue weighted by molar-refractivity contribution is 5.69. The van der Waals surface area contributed by atoms with Gasteiger partial charge in [-0.1, -0.05) is 54.6 Å². The lowest BCUT2D eigenvalue weighted by atomic mass is 9.86. The number of amides is 1. The third-order valence-corrected chi connectivity index (χ3v) is 7.88. The summed E-state index contributed by atoms with van der Waals surface area (Å²) in [5.74, 6) is 0. The van der Waals surface area contributed by atoms with E-state index in [0.29, 0.717) is 12.6 Å². The zero-order valence-electron chi connectivity index (χ0n) is 21.7. The molecule has 2 saturated heterocycles. The van der Waals surface area contributed by atoms with E-state index in [9.17, 15) is 4.79 Å². The summed E-state index contributed by atoms with van der Waals surface area (Å²) in [4.78, 5) is 21.1. The van der Waals surface area contributed by atoms with Crippen LogP contribution < -0.4 is 0 Å². The third kappa shape index (κ3) is 5.73. The Morgan fingerprint density at radius 1 is 1.00 bits per heavy atom. The molecule has 2 heterocycles. The number of fused-ring (bicyclic) bond motifs is 2. The fourth-order valence-electron chi connectivity index (χ4n) is 6.26. The number of rotatable bonds is 5. The minimum absolute atomic E-state index is 0.0738. The first kappa shape index (κ1) is 24.3. The minimum atomic E-state index is -0.514. The van der Waals surface area contributed by atoms with Crippen LogP contribution in [0.1, 0.15) is 69.2 Å². The van der Waals surface area contributed by atoms with Crippen molar-refractivity contribution in [3.63, 3.8) is 0 Å². The van der Waals surface area contributed by atoms with Gasteiger partial charge in [0, 0.05) is 38.3 Å². The second-order valence-corrected chi connectivity index (χ2v) is 11.6. The molecule has 0 N–H and O–H groups in total. The summed E-state index contributed by atoms with van der Waals surface area (Å²) in [7, 11) is 0. The van der Waals surface area contributed by atoms with E-state index in [0.717, 1.165) is 38.9 Å². The number of piperazine rings is 1. The smallest absolute Gasteiger partial charge is 0.410 e. The lowest BCUT2D eigenvalue weighted by molar-refractivity contribution is -0.0106. The molecule has 0 spiro atoms. The van der Waals surface area contributed by atoms with Crippen LogP contribution >= 0.6 is 0 Å². The van der Waals surface area contributed by atoms with Gasteiger partial charge in [-0.25, -0.2) is 4.79 Å². The van der Waals surface area contributed by atoms with Crippen molar-refractivity contribution in [2.24, 2.45) is 0 Å². The Labute approximate surface area is 211 Å². The Morgan fingerprint density at radius 3 is 2.57 bits per heavy atom. The Kier molecular flexibility index (Phi) is 7.17. The summed E-state index contributed by atoms with van der Waals surface area (Å²) in [6.07, 6.45) is 5.57. The topological polar surface area (TPSA) is 36.0 Å². The molecule has 1 amide bonds. The van der Waals surface area contributed by atoms with Crippen LogP contribution in [0.3, 0.4) is 0 Å². The number of benzene rings is 2. The van der Waals surface area contributed by atoms with Gasteiger partial charge >= 0.3 is 6.09 Å². The maximum atomic E-state index is 13.7. The molecule has 5 nitrogen and oxygen atoms in total. The molecule has 1 aliphatic carbocycles. The van der Waals surface area contributed by atoms with Gasteiger partial charge in [0.1, 0.15) is 5.60 Å². The molecule has 2 aliphatic heterocycles. The van der Waals surface area contributed by atoms with Gasteiger partial charge in [-0.3, -0.25) is 14.7 Å². The van der Waals surface area contributed by atoms with Crippen LogP contribution in [0.5, 0.6) is 0 Å². The zero-order valence-corrected chi connectivity index (χ0v) is 21.7. The number of hydrogen-bond acceptors (Lipinski definition) is 4. The molecule has 2 aromatic carbocycles. The molecule has 0 bridgehead atoms. The lowest BCUT2D eigenvalue weighted by Crippen LogP contribution is -2.59. The fraction of sp³-hybridized carbons (Fsp3) is 0.567. The summed E-state index contributed by atoms with van der Waals surface area (Å²) in [6, 6.07) is 20.5. The van der Waals surface area contributed by atoms with Gasteiger partial charge in [-0.15, -0.1) is 0 Å². The van der Waals surface area contributed by atoms with Crippen LogP contribution in [0.15, 0.2) is 54.6 Å². The molecular formula is C30H41N3O2. The van der Waals surface area contributed by atoms with Crippen molar-refractivity contribution in [3.8, 4) is 0 Å². The van der Waals surface area contributed by atoms with Crippen molar-refractivity contribution in [3.05, 3.63) is 71.3 Å². The van der Waals surface area contributed by atoms with Crippen LogP contribution in [0.25, 0.3) is 0 Å². The first-order chi connectivity index (χ1) is 16.9. The molecule has 3 atom stereocenters. The van der Waals surface area contributed by atoms with Gasteiger partial charge in [0.25, 0.3) is 0 Å². The monoisotopic (exact) mass is 475 g/mol. The maximum Gasteiger partial charge on any atom is 0.410 e. The Hall–Kier alpha value is -2.37. The molecule has 188 valence electrons. The van der Waals surface area contributed by atoms with Crippen molar-refractivity contribution >= 4 is 6.09 Å². The number of nitrogens with zero attached hydrogens (tertiary/aromatic N) is 3. The second kappa shape index (κ2) is 10.3. The van der Waals surface area contributed by atoms with E-state index >= 15 is 0 Å². The Balaban J connectivity index is 1.44. The zero-order chi connectivity index (χ0) is 24.4. The maximum absolute atomic E-state index is 13.7. The largest absolute Gasteiger partial charge is 0.444 e. The third-order valence-electron chi connectivity index (χ3n) is 7.88. The molecular weight excluding hydrogens is 434 g/mol. The average Bonchev–Trinajstić information content (AvgIpc) is 3.29. The second-order valence-electron chi connectivity index (χ2n) is 11.6. The average molecular weight is 476 g/mol. The van der Waals surface area contributed by atoms with Gasteiger partial charge in [0.2, 0.25) is 0 Å². The van der Waals surface area contributed by atoms with E-state index in [1.54, 1.807) is 0 Å². The minimum Gasteiger partial charge on any atom is -0.444 e. The molecule has 3 aliphatic rings. The quantitative estimate of drug-likeness (QED) is 0.560. The van der Waals surface area contributed by atoms with Crippen LogP contribution in [-0.2, 0) is 17.7 Å². The predicted molar refractivity (Wildman–Crippen MR) is 140 cm³/mol. The predicted octanol–water partition coefficient (Wildman–Crippen LogP) is 5.65. The molecule has 0 aromatic heterocycles. The van der Waals surface area contributed by atoms with Crippen molar-refractivity contribution < 1.29 is 9.53 Å². The highest BCUT2D eigenvalue weighted by Crippen LogP contribution is 2.36. The SMILES string of the molecule is CC(C)(C)OC(=O)N(C[C@@H]1CN2CCC[C@@H]2CN1Cc1ccccc1)[C@@H]1CCCc2ccccc21. The van der Waals surface area contributed by atoms with Gasteiger partial charge in [-0.2, -0.15) is 0 Å². The number of carbonyl (C=O) groups is 1. The van der Waals surface area contributed by atoms with E-state index < -0.39 is 5.60 Å². The molecule has 0 unspecified atom stereocenters. The Morgan fingerprint density at radius 2 is 1.77 bits per heavy atom. The van der Waals surface area contributed by atoms with Crippen molar-refractivity contribution in [1.29, 1.82) is 0 Å². The van der Waals surface area contributed by atoms with E-state index in [1.165, 1.54) is 36.1 Å². The summed E-state index contributed by atoms with van der Waals surface area (Å²) < 4.78 is 6.00. The Bertz CT molecular complexity index is 1000. The number of ether oxygens (including phenoxy) is 1. The standard InChI is InChI=1S/C30H41N3O2/c1-30(2,3)35-29(34)33(28-17-9-14-24-13-7-8-16-27(24)28)22-26-21-31-18-10-15-25(31)20-32(26)19-23-11-5-4-6-12-23/h4-8,11-13,16,25-26,28H,9-10,14-15,17-22H2,1-3H3/t25-,26+,28-/m1/s1. The molecule has 5 heteroatoms. The van der Waals surface area contributed by atoms with Crippen LogP contribution in [0.2, 0.25) is 0 Å². The van der Waals surface area contributed by atoms with Gasteiger partial charge in [0.05, 0.1) is 6.04 Å². The summed E-state index contributed by atoms with van der Waals surface area (Å²) >= 11 is 0. The first-order valence-electron chi connectivity index (χ1n) is 13.5. The number of hydrogen-bond donors (Lipinski definition) is 0. The van der Waals surface area contributed by atoms with E-state index in [-0.39, 0.29) is 18.2 Å². The molecule has 2 fully saturated rings. The van der Waals surface area contributed by atoms with Gasteiger partial charge in [0.15, 0.2) is 0 Å². The van der Waals surface area contributed by atoms with E-state index in [2.05, 4.69) is 69.3 Å². The normalized spacial score (nSPS) is 25.1. The summed E-state index contributed by atoms with van der Waals surface area (Å²) in [5.41, 5.74) is 3.51. The van der Waals surface area contributed by atoms with Crippen LogP contribution in [0, 0.1) is 0 Å². The number of aryl methyl sites for hydroxylation is 1. The number of carbonyl (C=O) groups excluding carboxylic acids is 1. The van der Waals surface area contributed by atoms with Gasteiger partial charge in [-0.05, 0) is 76.1 Å². The lowest BCUT2D eigenvalue weighted by Gasteiger charge is -2.47. The van der Waals surface area contributed by atoms with Crippen molar-refractivity contribution in [1.82, 2.24) is 14.7 Å². The highest BCUT2D eigenvalue weighted by Gasteiger charge is 2.40. The summed E-state index contributed by atoms with van der Waals surface area (Å²) in [6.45, 7) is 10.8. The van der Waals surface area contributed by atoms with Crippen LogP contribution in [0.4, 0.5) is 4.79 Å². The first-order valence-corrected chi connectivity index (χ1v) is 13.5. The molecule has 0 saturated carbocycles. The van der Waals surface area contributed by atoms with Crippen molar-refractivity contribution in [2.75, 3.05) is 26.2 Å². The molecule has 2 aromatic rings. The molecule has 35 heavy (non-hydrogen) atoms. The fourth-order valence-corrected chi connectivity index (χ4v) is 6.26. The molecule has 5 rings (SSSR count).